The summed E-state index contributed by atoms with van der Waals surface area (Å²) in [7, 11) is -1.48. The van der Waals surface area contributed by atoms with Crippen LogP contribution in [0.25, 0.3) is 0 Å². The molecule has 0 radical (unpaired) electrons. The Kier molecular flexibility index (Phi) is 8.99. The first kappa shape index (κ1) is 25.7. The predicted molar refractivity (Wildman–Crippen MR) is 119 cm³/mol. The molecule has 0 saturated carbocycles. The Morgan fingerprint density at radius 1 is 1.31 bits per heavy atom. The number of nitrogens with one attached hydrogen (secondary N) is 2. The first-order valence-electron chi connectivity index (χ1n) is 8.91. The van der Waals surface area contributed by atoms with E-state index in [1.807, 2.05) is 4.90 Å². The van der Waals surface area contributed by atoms with Crippen LogP contribution in [0.1, 0.15) is 25.8 Å². The summed E-state index contributed by atoms with van der Waals surface area (Å²) in [6.45, 7) is 5.26. The van der Waals surface area contributed by atoms with E-state index in [4.69, 9.17) is 0 Å². The largest absolute Gasteiger partial charge is 0.417 e. The molecule has 166 valence electrons. The Labute approximate surface area is 186 Å². The molecule has 2 rings (SSSR count). The molecule has 1 aromatic rings. The molecule has 0 bridgehead atoms. The van der Waals surface area contributed by atoms with Gasteiger partial charge in [0.05, 0.1) is 16.1 Å². The number of halogens is 4. The van der Waals surface area contributed by atoms with Gasteiger partial charge in [0.15, 0.2) is 15.8 Å². The number of anilines is 1. The monoisotopic (exact) mass is 549 g/mol. The summed E-state index contributed by atoms with van der Waals surface area (Å²) in [5.74, 6) is 1.10. The molecule has 2 heterocycles. The van der Waals surface area contributed by atoms with E-state index in [0.29, 0.717) is 44.4 Å². The van der Waals surface area contributed by atoms with Crippen LogP contribution in [-0.4, -0.2) is 68.0 Å². The molecule has 0 unspecified atom stereocenters. The number of pyridine rings is 1. The number of rotatable bonds is 5. The first-order chi connectivity index (χ1) is 13.0. The second kappa shape index (κ2) is 10.1. The van der Waals surface area contributed by atoms with Gasteiger partial charge in [0.2, 0.25) is 0 Å². The molecule has 7 nitrogen and oxygen atoms in total. The molecule has 1 aliphatic rings. The topological polar surface area (TPSA) is 86.7 Å². The number of alkyl halides is 3. The van der Waals surface area contributed by atoms with Gasteiger partial charge >= 0.3 is 6.18 Å². The molecule has 0 amide bonds. The van der Waals surface area contributed by atoms with Crippen molar-refractivity contribution >= 4 is 45.6 Å². The fraction of sp³-hybridized carbons (Fsp3) is 0.647. The van der Waals surface area contributed by atoms with Crippen molar-refractivity contribution in [3.63, 3.8) is 0 Å². The quantitative estimate of drug-likeness (QED) is 0.254. The second-order valence-corrected chi connectivity index (χ2v) is 9.93. The summed E-state index contributed by atoms with van der Waals surface area (Å²) in [5, 5.41) is 6.16. The maximum atomic E-state index is 12.5. The van der Waals surface area contributed by atoms with Crippen molar-refractivity contribution in [1.29, 1.82) is 0 Å². The van der Waals surface area contributed by atoms with E-state index < -0.39 is 26.3 Å². The molecule has 1 aromatic heterocycles. The van der Waals surface area contributed by atoms with Crippen LogP contribution in [0.3, 0.4) is 0 Å². The minimum absolute atomic E-state index is 0. The average Bonchev–Trinajstić information content (AvgIpc) is 2.60. The standard InChI is InChI=1S/C17H26F3N5O2S.HI/c1-16(2)12-25(9-10-28(16,26)27)15(21-3)23-8-4-7-22-14-6-5-13(11-24-14)17(18,19)20;/h5-6,11H,4,7-10,12H2,1-3H3,(H,21,23)(H,22,24);1H. The molecular formula is C17H27F3IN5O2S. The zero-order valence-corrected chi connectivity index (χ0v) is 19.7. The Morgan fingerprint density at radius 2 is 2.00 bits per heavy atom. The third kappa shape index (κ3) is 6.86. The van der Waals surface area contributed by atoms with Gasteiger partial charge in [0, 0.05) is 39.4 Å². The lowest BCUT2D eigenvalue weighted by Crippen LogP contribution is -2.57. The summed E-state index contributed by atoms with van der Waals surface area (Å²) >= 11 is 0. The number of hydrogen-bond acceptors (Lipinski definition) is 5. The van der Waals surface area contributed by atoms with Gasteiger partial charge in [0.25, 0.3) is 0 Å². The Morgan fingerprint density at radius 3 is 2.52 bits per heavy atom. The summed E-state index contributed by atoms with van der Waals surface area (Å²) < 4.78 is 60.9. The number of hydrogen-bond donors (Lipinski definition) is 2. The van der Waals surface area contributed by atoms with E-state index in [9.17, 15) is 21.6 Å². The Balaban J connectivity index is 0.00000420. The lowest BCUT2D eigenvalue weighted by molar-refractivity contribution is -0.137. The summed E-state index contributed by atoms with van der Waals surface area (Å²) in [6.07, 6.45) is -2.92. The van der Waals surface area contributed by atoms with Crippen molar-refractivity contribution in [2.24, 2.45) is 4.99 Å². The van der Waals surface area contributed by atoms with E-state index in [1.165, 1.54) is 6.07 Å². The fourth-order valence-electron chi connectivity index (χ4n) is 2.83. The Bertz CT molecular complexity index is 798. The lowest BCUT2D eigenvalue weighted by atomic mass is 10.2. The molecule has 0 aromatic carbocycles. The fourth-order valence-corrected chi connectivity index (χ4v) is 4.19. The van der Waals surface area contributed by atoms with Crippen molar-refractivity contribution in [1.82, 2.24) is 15.2 Å². The van der Waals surface area contributed by atoms with Crippen LogP contribution >= 0.6 is 24.0 Å². The van der Waals surface area contributed by atoms with Crippen molar-refractivity contribution < 1.29 is 21.6 Å². The summed E-state index contributed by atoms with van der Waals surface area (Å²) in [6, 6.07) is 2.28. The minimum atomic E-state index is -4.40. The van der Waals surface area contributed by atoms with E-state index >= 15 is 0 Å². The normalized spacial score (nSPS) is 18.7. The van der Waals surface area contributed by atoms with Crippen molar-refractivity contribution in [3.05, 3.63) is 23.9 Å². The van der Waals surface area contributed by atoms with Gasteiger partial charge in [-0.2, -0.15) is 13.2 Å². The number of aromatic nitrogens is 1. The maximum absolute atomic E-state index is 12.5. The average molecular weight is 549 g/mol. The van der Waals surface area contributed by atoms with Crippen molar-refractivity contribution in [2.75, 3.05) is 44.3 Å². The van der Waals surface area contributed by atoms with E-state index in [0.717, 1.165) is 12.3 Å². The molecule has 0 aliphatic carbocycles. The molecule has 1 fully saturated rings. The number of nitrogens with zero attached hydrogens (tertiary/aromatic N) is 3. The van der Waals surface area contributed by atoms with E-state index in [1.54, 1.807) is 20.9 Å². The van der Waals surface area contributed by atoms with Crippen LogP contribution in [0.4, 0.5) is 19.0 Å². The van der Waals surface area contributed by atoms with Crippen molar-refractivity contribution in [3.8, 4) is 0 Å². The summed E-state index contributed by atoms with van der Waals surface area (Å²) in [5.41, 5.74) is -0.782. The molecule has 1 saturated heterocycles. The summed E-state index contributed by atoms with van der Waals surface area (Å²) in [4.78, 5) is 9.89. The molecular weight excluding hydrogens is 522 g/mol. The molecule has 12 heteroatoms. The van der Waals surface area contributed by atoms with Crippen LogP contribution < -0.4 is 10.6 Å². The maximum Gasteiger partial charge on any atom is 0.417 e. The van der Waals surface area contributed by atoms with Gasteiger partial charge in [-0.25, -0.2) is 13.4 Å². The number of aliphatic imine (C=N–C) groups is 1. The van der Waals surface area contributed by atoms with Crippen LogP contribution in [0.2, 0.25) is 0 Å². The van der Waals surface area contributed by atoms with Gasteiger partial charge in [-0.3, -0.25) is 4.99 Å². The molecule has 0 atom stereocenters. The third-order valence-electron chi connectivity index (χ3n) is 4.59. The zero-order chi connectivity index (χ0) is 21.0. The highest BCUT2D eigenvalue weighted by Crippen LogP contribution is 2.28. The van der Waals surface area contributed by atoms with Crippen LogP contribution in [-0.2, 0) is 16.0 Å². The van der Waals surface area contributed by atoms with Gasteiger partial charge in [0.1, 0.15) is 5.82 Å². The molecule has 29 heavy (non-hydrogen) atoms. The molecule has 0 spiro atoms. The van der Waals surface area contributed by atoms with E-state index in [2.05, 4.69) is 20.6 Å². The zero-order valence-electron chi connectivity index (χ0n) is 16.6. The minimum Gasteiger partial charge on any atom is -0.370 e. The first-order valence-corrected chi connectivity index (χ1v) is 10.6. The van der Waals surface area contributed by atoms with Crippen LogP contribution in [0.15, 0.2) is 23.3 Å². The van der Waals surface area contributed by atoms with Crippen LogP contribution in [0, 0.1) is 0 Å². The molecule has 2 N–H and O–H groups in total. The van der Waals surface area contributed by atoms with E-state index in [-0.39, 0.29) is 29.7 Å². The van der Waals surface area contributed by atoms with Crippen molar-refractivity contribution in [2.45, 2.75) is 31.2 Å². The highest BCUT2D eigenvalue weighted by Gasteiger charge is 2.40. The number of sulfone groups is 1. The predicted octanol–water partition coefficient (Wildman–Crippen LogP) is 2.60. The lowest BCUT2D eigenvalue weighted by Gasteiger charge is -2.39. The number of guanidine groups is 1. The smallest absolute Gasteiger partial charge is 0.370 e. The van der Waals surface area contributed by atoms with Gasteiger partial charge < -0.3 is 15.5 Å². The molecule has 1 aliphatic heterocycles. The SMILES string of the molecule is CN=C(NCCCNc1ccc(C(F)(F)F)cn1)N1CCS(=O)(=O)C(C)(C)C1.I. The third-order valence-corrected chi connectivity index (χ3v) is 7.12. The van der Waals surface area contributed by atoms with Gasteiger partial charge in [-0.15, -0.1) is 24.0 Å². The Hall–Kier alpha value is -1.31. The highest BCUT2D eigenvalue weighted by molar-refractivity contribution is 14.0. The highest BCUT2D eigenvalue weighted by atomic mass is 127. The second-order valence-electron chi connectivity index (χ2n) is 7.18. The van der Waals surface area contributed by atoms with Gasteiger partial charge in [-0.1, -0.05) is 0 Å². The van der Waals surface area contributed by atoms with Crippen LogP contribution in [0.5, 0.6) is 0 Å². The van der Waals surface area contributed by atoms with Gasteiger partial charge in [-0.05, 0) is 32.4 Å².